The normalized spacial score (nSPS) is 14.4. The minimum atomic E-state index is -0.0373. The molecule has 0 N–H and O–H groups in total. The van der Waals surface area contributed by atoms with E-state index in [1.54, 1.807) is 36.2 Å². The molecule has 1 fully saturated rings. The van der Waals surface area contributed by atoms with Gasteiger partial charge in [0.2, 0.25) is 5.91 Å². The largest absolute Gasteiger partial charge is 0.494 e. The highest BCUT2D eigenvalue weighted by atomic mass is 16.5. The average Bonchev–Trinajstić information content (AvgIpc) is 2.90. The number of carbonyl (C=O) groups is 2. The number of nitrogens with zero attached hydrogens (tertiary/aromatic N) is 2. The van der Waals surface area contributed by atoms with Crippen LogP contribution in [-0.4, -0.2) is 54.9 Å². The minimum Gasteiger partial charge on any atom is -0.494 e. The second-order valence-corrected chi connectivity index (χ2v) is 5.17. The highest BCUT2D eigenvalue weighted by Gasteiger charge is 2.21. The third-order valence-electron chi connectivity index (χ3n) is 3.64. The standard InChI is InChI=1S/C16H22N2O3/c1-3-21-14-8-6-13(7-9-14)16(20)17(2)11-12-18-10-4-5-15(18)19/h6-9H,3-5,10-12H2,1-2H3. The van der Waals surface area contributed by atoms with Crippen LogP contribution in [-0.2, 0) is 4.79 Å². The van der Waals surface area contributed by atoms with Gasteiger partial charge in [-0.05, 0) is 37.6 Å². The van der Waals surface area contributed by atoms with E-state index in [4.69, 9.17) is 4.74 Å². The summed E-state index contributed by atoms with van der Waals surface area (Å²) in [7, 11) is 1.76. The van der Waals surface area contributed by atoms with Crippen molar-refractivity contribution in [2.24, 2.45) is 0 Å². The topological polar surface area (TPSA) is 49.9 Å². The first-order valence-electron chi connectivity index (χ1n) is 7.38. The van der Waals surface area contributed by atoms with E-state index in [9.17, 15) is 9.59 Å². The zero-order valence-electron chi connectivity index (χ0n) is 12.7. The van der Waals surface area contributed by atoms with Crippen LogP contribution >= 0.6 is 0 Å². The Kier molecular flexibility index (Phi) is 5.20. The van der Waals surface area contributed by atoms with Gasteiger partial charge in [-0.2, -0.15) is 0 Å². The van der Waals surface area contributed by atoms with Crippen LogP contribution in [0.15, 0.2) is 24.3 Å². The summed E-state index contributed by atoms with van der Waals surface area (Å²) in [6.07, 6.45) is 1.56. The zero-order chi connectivity index (χ0) is 15.2. The quantitative estimate of drug-likeness (QED) is 0.802. The Morgan fingerprint density at radius 1 is 1.33 bits per heavy atom. The molecular formula is C16H22N2O3. The van der Waals surface area contributed by atoms with E-state index in [2.05, 4.69) is 0 Å². The van der Waals surface area contributed by atoms with Crippen LogP contribution in [0.1, 0.15) is 30.1 Å². The fourth-order valence-electron chi connectivity index (χ4n) is 2.39. The van der Waals surface area contributed by atoms with Crippen LogP contribution in [0.5, 0.6) is 5.75 Å². The first-order valence-corrected chi connectivity index (χ1v) is 7.38. The van der Waals surface area contributed by atoms with E-state index in [1.165, 1.54) is 0 Å². The molecule has 0 bridgehead atoms. The number of carbonyl (C=O) groups excluding carboxylic acids is 2. The molecule has 0 unspecified atom stereocenters. The predicted octanol–water partition coefficient (Wildman–Crippen LogP) is 1.78. The molecule has 1 aromatic carbocycles. The van der Waals surface area contributed by atoms with E-state index in [0.717, 1.165) is 18.7 Å². The van der Waals surface area contributed by atoms with Crippen molar-refractivity contribution in [1.82, 2.24) is 9.80 Å². The van der Waals surface area contributed by atoms with E-state index in [-0.39, 0.29) is 11.8 Å². The number of benzene rings is 1. The van der Waals surface area contributed by atoms with Gasteiger partial charge in [-0.15, -0.1) is 0 Å². The van der Waals surface area contributed by atoms with Crippen molar-refractivity contribution < 1.29 is 14.3 Å². The number of ether oxygens (including phenoxy) is 1. The Morgan fingerprint density at radius 2 is 2.05 bits per heavy atom. The molecular weight excluding hydrogens is 268 g/mol. The lowest BCUT2D eigenvalue weighted by molar-refractivity contribution is -0.127. The Balaban J connectivity index is 1.87. The van der Waals surface area contributed by atoms with Crippen LogP contribution in [0.3, 0.4) is 0 Å². The fourth-order valence-corrected chi connectivity index (χ4v) is 2.39. The molecule has 0 saturated carbocycles. The van der Waals surface area contributed by atoms with Gasteiger partial charge in [-0.3, -0.25) is 9.59 Å². The third-order valence-corrected chi connectivity index (χ3v) is 3.64. The third kappa shape index (κ3) is 3.97. The van der Waals surface area contributed by atoms with Crippen LogP contribution < -0.4 is 4.74 Å². The SMILES string of the molecule is CCOc1ccc(C(=O)N(C)CCN2CCCC2=O)cc1. The van der Waals surface area contributed by atoms with Gasteiger partial charge in [-0.1, -0.05) is 0 Å². The maximum atomic E-state index is 12.3. The number of rotatable bonds is 6. The maximum Gasteiger partial charge on any atom is 0.253 e. The number of hydrogen-bond acceptors (Lipinski definition) is 3. The second-order valence-electron chi connectivity index (χ2n) is 5.17. The fraction of sp³-hybridized carbons (Fsp3) is 0.500. The first-order chi connectivity index (χ1) is 10.1. The molecule has 2 rings (SSSR count). The molecule has 2 amide bonds. The molecule has 1 aliphatic rings. The molecule has 0 spiro atoms. The summed E-state index contributed by atoms with van der Waals surface area (Å²) >= 11 is 0. The van der Waals surface area contributed by atoms with Crippen LogP contribution in [0.25, 0.3) is 0 Å². The molecule has 1 aliphatic heterocycles. The predicted molar refractivity (Wildman–Crippen MR) is 80.4 cm³/mol. The van der Waals surface area contributed by atoms with Gasteiger partial charge in [0.1, 0.15) is 5.75 Å². The Hall–Kier alpha value is -2.04. The average molecular weight is 290 g/mol. The van der Waals surface area contributed by atoms with Crippen molar-refractivity contribution in [3.05, 3.63) is 29.8 Å². The summed E-state index contributed by atoms with van der Waals surface area (Å²) in [5.41, 5.74) is 0.633. The van der Waals surface area contributed by atoms with Crippen molar-refractivity contribution in [1.29, 1.82) is 0 Å². The van der Waals surface area contributed by atoms with Gasteiger partial charge in [0.25, 0.3) is 5.91 Å². The first kappa shape index (κ1) is 15.4. The van der Waals surface area contributed by atoms with E-state index in [0.29, 0.717) is 31.7 Å². The van der Waals surface area contributed by atoms with Crippen molar-refractivity contribution in [2.45, 2.75) is 19.8 Å². The molecule has 5 heteroatoms. The minimum absolute atomic E-state index is 0.0373. The molecule has 0 aromatic heterocycles. The Morgan fingerprint density at radius 3 is 2.62 bits per heavy atom. The summed E-state index contributed by atoms with van der Waals surface area (Å²) < 4.78 is 5.36. The van der Waals surface area contributed by atoms with Crippen LogP contribution in [0.4, 0.5) is 0 Å². The number of likely N-dealkylation sites (N-methyl/N-ethyl adjacent to an activating group) is 1. The molecule has 0 atom stereocenters. The lowest BCUT2D eigenvalue weighted by Gasteiger charge is -2.22. The van der Waals surface area contributed by atoms with Crippen LogP contribution in [0.2, 0.25) is 0 Å². The maximum absolute atomic E-state index is 12.3. The second kappa shape index (κ2) is 7.11. The summed E-state index contributed by atoms with van der Waals surface area (Å²) in [6.45, 7) is 4.50. The van der Waals surface area contributed by atoms with Gasteiger partial charge >= 0.3 is 0 Å². The van der Waals surface area contributed by atoms with E-state index in [1.807, 2.05) is 11.8 Å². The highest BCUT2D eigenvalue weighted by Crippen LogP contribution is 2.14. The molecule has 1 heterocycles. The summed E-state index contributed by atoms with van der Waals surface area (Å²) in [6, 6.07) is 7.14. The zero-order valence-corrected chi connectivity index (χ0v) is 12.7. The van der Waals surface area contributed by atoms with Gasteiger partial charge < -0.3 is 14.5 Å². The van der Waals surface area contributed by atoms with Crippen molar-refractivity contribution in [3.8, 4) is 5.75 Å². The van der Waals surface area contributed by atoms with Gasteiger partial charge in [0.05, 0.1) is 6.61 Å². The van der Waals surface area contributed by atoms with Gasteiger partial charge in [0, 0.05) is 38.7 Å². The monoisotopic (exact) mass is 290 g/mol. The molecule has 0 radical (unpaired) electrons. The van der Waals surface area contributed by atoms with Crippen molar-refractivity contribution >= 4 is 11.8 Å². The summed E-state index contributed by atoms with van der Waals surface area (Å²) in [5, 5.41) is 0. The molecule has 21 heavy (non-hydrogen) atoms. The van der Waals surface area contributed by atoms with Gasteiger partial charge in [0.15, 0.2) is 0 Å². The number of amides is 2. The molecule has 0 aliphatic carbocycles. The van der Waals surface area contributed by atoms with Crippen LogP contribution in [0, 0.1) is 0 Å². The highest BCUT2D eigenvalue weighted by molar-refractivity contribution is 5.94. The number of hydrogen-bond donors (Lipinski definition) is 0. The van der Waals surface area contributed by atoms with E-state index < -0.39 is 0 Å². The van der Waals surface area contributed by atoms with Gasteiger partial charge in [-0.25, -0.2) is 0 Å². The molecule has 5 nitrogen and oxygen atoms in total. The number of likely N-dealkylation sites (tertiary alicyclic amines) is 1. The van der Waals surface area contributed by atoms with E-state index >= 15 is 0 Å². The molecule has 1 saturated heterocycles. The summed E-state index contributed by atoms with van der Waals surface area (Å²) in [4.78, 5) is 27.3. The lowest BCUT2D eigenvalue weighted by atomic mass is 10.2. The summed E-state index contributed by atoms with van der Waals surface area (Å²) in [5.74, 6) is 0.918. The van der Waals surface area contributed by atoms with Crippen molar-refractivity contribution in [3.63, 3.8) is 0 Å². The van der Waals surface area contributed by atoms with Crippen molar-refractivity contribution in [2.75, 3.05) is 33.3 Å². The molecule has 1 aromatic rings. The Labute approximate surface area is 125 Å². The Bertz CT molecular complexity index is 499. The smallest absolute Gasteiger partial charge is 0.253 e. The molecule has 114 valence electrons. The lowest BCUT2D eigenvalue weighted by Crippen LogP contribution is -2.36.